The number of ether oxygens (including phenoxy) is 2. The number of carbonyl (C=O) groups excluding carboxylic acids is 1. The number of hydrogen-bond donors (Lipinski definition) is 2. The maximum atomic E-state index is 11.5. The molecule has 0 aliphatic carbocycles. The molecule has 0 radical (unpaired) electrons. The summed E-state index contributed by atoms with van der Waals surface area (Å²) in [5.41, 5.74) is 1.05. The van der Waals surface area contributed by atoms with Crippen molar-refractivity contribution in [2.75, 3.05) is 39.4 Å². The highest BCUT2D eigenvalue weighted by molar-refractivity contribution is 14.0. The molecule has 1 aromatic carbocycles. The molecule has 0 spiro atoms. The lowest BCUT2D eigenvalue weighted by molar-refractivity contribution is -0.122. The lowest BCUT2D eigenvalue weighted by Crippen LogP contribution is -2.47. The Balaban J connectivity index is 0.00000420. The Kier molecular flexibility index (Phi) is 12.7. The zero-order valence-corrected chi connectivity index (χ0v) is 20.1. The van der Waals surface area contributed by atoms with Gasteiger partial charge in [0.2, 0.25) is 0 Å². The van der Waals surface area contributed by atoms with Crippen LogP contribution >= 0.6 is 24.0 Å². The summed E-state index contributed by atoms with van der Waals surface area (Å²) in [6.45, 7) is 10.7. The summed E-state index contributed by atoms with van der Waals surface area (Å²) < 4.78 is 11.3. The van der Waals surface area contributed by atoms with Gasteiger partial charge in [-0.05, 0) is 51.3 Å². The standard InChI is InChI=1S/C21H34N4O3.HI/c1-4-22-20(26)16-28-19-9-7-8-17(14-19)15-24-21(23-5-2)25-12-10-18(11-13-25)27-6-3;/h7-9,14,18H,4-6,10-13,15-16H2,1-3H3,(H,22,26)(H,23,24);1H. The van der Waals surface area contributed by atoms with Gasteiger partial charge in [0.1, 0.15) is 5.75 Å². The number of nitrogens with zero attached hydrogens (tertiary/aromatic N) is 2. The lowest BCUT2D eigenvalue weighted by Gasteiger charge is -2.34. The van der Waals surface area contributed by atoms with Gasteiger partial charge in [-0.25, -0.2) is 4.99 Å². The fourth-order valence-corrected chi connectivity index (χ4v) is 3.19. The monoisotopic (exact) mass is 518 g/mol. The van der Waals surface area contributed by atoms with Crippen LogP contribution in [0.3, 0.4) is 0 Å². The molecule has 0 aromatic heterocycles. The van der Waals surface area contributed by atoms with Gasteiger partial charge in [-0.2, -0.15) is 0 Å². The van der Waals surface area contributed by atoms with E-state index in [2.05, 4.69) is 22.5 Å². The number of guanidine groups is 1. The molecule has 0 bridgehead atoms. The highest BCUT2D eigenvalue weighted by Gasteiger charge is 2.21. The Morgan fingerprint density at radius 3 is 2.55 bits per heavy atom. The quantitative estimate of drug-likeness (QED) is 0.299. The van der Waals surface area contributed by atoms with E-state index in [4.69, 9.17) is 14.5 Å². The van der Waals surface area contributed by atoms with Crippen molar-refractivity contribution in [3.63, 3.8) is 0 Å². The summed E-state index contributed by atoms with van der Waals surface area (Å²) in [4.78, 5) is 18.6. The zero-order valence-electron chi connectivity index (χ0n) is 17.8. The molecule has 1 aliphatic rings. The molecule has 1 aromatic rings. The highest BCUT2D eigenvalue weighted by atomic mass is 127. The van der Waals surface area contributed by atoms with Crippen LogP contribution in [0.15, 0.2) is 29.3 Å². The van der Waals surface area contributed by atoms with Gasteiger partial charge in [-0.3, -0.25) is 4.79 Å². The molecule has 1 aliphatic heterocycles. The molecule has 29 heavy (non-hydrogen) atoms. The molecule has 2 N–H and O–H groups in total. The SMILES string of the molecule is CCNC(=O)COc1cccc(CN=C(NCC)N2CCC(OCC)CC2)c1.I. The molecular formula is C21H35IN4O3. The van der Waals surface area contributed by atoms with E-state index in [1.165, 1.54) is 0 Å². The van der Waals surface area contributed by atoms with Crippen molar-refractivity contribution >= 4 is 35.8 Å². The van der Waals surface area contributed by atoms with Gasteiger partial charge in [-0.1, -0.05) is 12.1 Å². The number of aliphatic imine (C=N–C) groups is 1. The predicted octanol–water partition coefficient (Wildman–Crippen LogP) is 2.79. The number of rotatable bonds is 9. The van der Waals surface area contributed by atoms with E-state index in [9.17, 15) is 4.79 Å². The number of nitrogens with one attached hydrogen (secondary N) is 2. The van der Waals surface area contributed by atoms with Crippen LogP contribution < -0.4 is 15.4 Å². The van der Waals surface area contributed by atoms with Crippen molar-refractivity contribution < 1.29 is 14.3 Å². The Hall–Kier alpha value is -1.55. The average Bonchev–Trinajstić information content (AvgIpc) is 2.71. The molecule has 0 saturated carbocycles. The number of benzene rings is 1. The molecule has 0 unspecified atom stereocenters. The Bertz CT molecular complexity index is 634. The number of hydrogen-bond acceptors (Lipinski definition) is 4. The first-order valence-corrected chi connectivity index (χ1v) is 10.3. The van der Waals surface area contributed by atoms with Gasteiger partial charge < -0.3 is 25.0 Å². The maximum Gasteiger partial charge on any atom is 0.257 e. The first kappa shape index (κ1) is 25.5. The molecule has 164 valence electrons. The predicted molar refractivity (Wildman–Crippen MR) is 127 cm³/mol. The second-order valence-corrected chi connectivity index (χ2v) is 6.70. The molecule has 0 atom stereocenters. The summed E-state index contributed by atoms with van der Waals surface area (Å²) in [6.07, 6.45) is 2.42. The van der Waals surface area contributed by atoms with Crippen LogP contribution in [0.25, 0.3) is 0 Å². The fourth-order valence-electron chi connectivity index (χ4n) is 3.19. The third kappa shape index (κ3) is 9.20. The second kappa shape index (κ2) is 14.4. The van der Waals surface area contributed by atoms with Gasteiger partial charge in [0.15, 0.2) is 12.6 Å². The number of likely N-dealkylation sites (N-methyl/N-ethyl adjacent to an activating group) is 1. The summed E-state index contributed by atoms with van der Waals surface area (Å²) in [5, 5.41) is 6.11. The minimum Gasteiger partial charge on any atom is -0.484 e. The molecule has 2 rings (SSSR count). The lowest BCUT2D eigenvalue weighted by atomic mass is 10.1. The summed E-state index contributed by atoms with van der Waals surface area (Å²) in [5.74, 6) is 1.50. The minimum absolute atomic E-state index is 0. The number of halogens is 1. The van der Waals surface area contributed by atoms with E-state index in [0.29, 0.717) is 24.9 Å². The molecule has 7 nitrogen and oxygen atoms in total. The van der Waals surface area contributed by atoms with E-state index in [1.54, 1.807) is 0 Å². The Morgan fingerprint density at radius 2 is 1.90 bits per heavy atom. The number of carbonyl (C=O) groups is 1. The highest BCUT2D eigenvalue weighted by Crippen LogP contribution is 2.16. The van der Waals surface area contributed by atoms with Gasteiger partial charge in [0.05, 0.1) is 12.6 Å². The van der Waals surface area contributed by atoms with E-state index in [0.717, 1.165) is 50.6 Å². The van der Waals surface area contributed by atoms with Gasteiger partial charge in [0, 0.05) is 32.8 Å². The van der Waals surface area contributed by atoms with Crippen molar-refractivity contribution in [2.45, 2.75) is 46.3 Å². The fraction of sp³-hybridized carbons (Fsp3) is 0.619. The zero-order chi connectivity index (χ0) is 20.2. The molecule has 1 amide bonds. The van der Waals surface area contributed by atoms with Gasteiger partial charge in [0.25, 0.3) is 5.91 Å². The summed E-state index contributed by atoms with van der Waals surface area (Å²) >= 11 is 0. The van der Waals surface area contributed by atoms with E-state index < -0.39 is 0 Å². The van der Waals surface area contributed by atoms with Crippen molar-refractivity contribution in [1.82, 2.24) is 15.5 Å². The Morgan fingerprint density at radius 1 is 1.17 bits per heavy atom. The van der Waals surface area contributed by atoms with Crippen molar-refractivity contribution in [2.24, 2.45) is 4.99 Å². The van der Waals surface area contributed by atoms with Crippen LogP contribution in [-0.2, 0) is 16.1 Å². The van der Waals surface area contributed by atoms with Crippen molar-refractivity contribution in [3.8, 4) is 5.75 Å². The topological polar surface area (TPSA) is 75.2 Å². The van der Waals surface area contributed by atoms with Crippen LogP contribution in [-0.4, -0.2) is 62.3 Å². The van der Waals surface area contributed by atoms with Crippen LogP contribution in [0, 0.1) is 0 Å². The molecule has 1 saturated heterocycles. The van der Waals surface area contributed by atoms with E-state index >= 15 is 0 Å². The molecular weight excluding hydrogens is 483 g/mol. The van der Waals surface area contributed by atoms with Gasteiger partial charge in [-0.15, -0.1) is 24.0 Å². The average molecular weight is 518 g/mol. The first-order chi connectivity index (χ1) is 13.7. The van der Waals surface area contributed by atoms with Gasteiger partial charge >= 0.3 is 0 Å². The number of amides is 1. The van der Waals surface area contributed by atoms with Crippen LogP contribution in [0.4, 0.5) is 0 Å². The molecule has 1 fully saturated rings. The first-order valence-electron chi connectivity index (χ1n) is 10.3. The van der Waals surface area contributed by atoms with E-state index in [-0.39, 0.29) is 36.5 Å². The number of piperidine rings is 1. The summed E-state index contributed by atoms with van der Waals surface area (Å²) in [7, 11) is 0. The third-order valence-electron chi connectivity index (χ3n) is 4.53. The minimum atomic E-state index is -0.115. The van der Waals surface area contributed by atoms with Crippen molar-refractivity contribution in [3.05, 3.63) is 29.8 Å². The number of likely N-dealkylation sites (tertiary alicyclic amines) is 1. The molecule has 8 heteroatoms. The molecule has 1 heterocycles. The largest absolute Gasteiger partial charge is 0.484 e. The second-order valence-electron chi connectivity index (χ2n) is 6.70. The third-order valence-corrected chi connectivity index (χ3v) is 4.53. The summed E-state index contributed by atoms with van der Waals surface area (Å²) in [6, 6.07) is 7.75. The normalized spacial score (nSPS) is 14.9. The van der Waals surface area contributed by atoms with E-state index in [1.807, 2.05) is 38.1 Å². The van der Waals surface area contributed by atoms with Crippen molar-refractivity contribution in [1.29, 1.82) is 0 Å². The van der Waals surface area contributed by atoms with Crippen LogP contribution in [0.1, 0.15) is 39.2 Å². The maximum absolute atomic E-state index is 11.5. The smallest absolute Gasteiger partial charge is 0.257 e. The Labute approximate surface area is 191 Å². The van der Waals surface area contributed by atoms with Crippen LogP contribution in [0.5, 0.6) is 5.75 Å². The van der Waals surface area contributed by atoms with Crippen LogP contribution in [0.2, 0.25) is 0 Å².